The summed E-state index contributed by atoms with van der Waals surface area (Å²) in [7, 11) is 4.08. The lowest BCUT2D eigenvalue weighted by molar-refractivity contribution is 0.100. The van der Waals surface area contributed by atoms with Gasteiger partial charge in [-0.3, -0.25) is 5.43 Å². The summed E-state index contributed by atoms with van der Waals surface area (Å²) >= 11 is 0. The molecule has 1 rings (SSSR count). The molecule has 0 radical (unpaired) electrons. The number of rotatable bonds is 3. The van der Waals surface area contributed by atoms with Crippen molar-refractivity contribution in [1.82, 2.24) is 15.8 Å². The zero-order chi connectivity index (χ0) is 8.97. The lowest BCUT2D eigenvalue weighted by atomic mass is 9.91. The van der Waals surface area contributed by atoms with E-state index in [9.17, 15) is 0 Å². The standard InChI is InChI=1S/C9H21N3/c1-4-8-7-12(11-3)6-5-9(8)10-2/h8-11H,4-7H2,1-3H3. The van der Waals surface area contributed by atoms with Crippen molar-refractivity contribution in [2.24, 2.45) is 5.92 Å². The summed E-state index contributed by atoms with van der Waals surface area (Å²) in [6.45, 7) is 4.62. The Hall–Kier alpha value is -0.120. The first-order valence-electron chi connectivity index (χ1n) is 4.91. The molecule has 1 aliphatic rings. The van der Waals surface area contributed by atoms with E-state index >= 15 is 0 Å². The molecule has 0 aromatic rings. The molecule has 1 heterocycles. The van der Waals surface area contributed by atoms with Gasteiger partial charge in [-0.2, -0.15) is 0 Å². The van der Waals surface area contributed by atoms with Crippen LogP contribution in [0.5, 0.6) is 0 Å². The molecule has 0 aromatic heterocycles. The van der Waals surface area contributed by atoms with E-state index in [1.807, 2.05) is 7.05 Å². The number of nitrogens with zero attached hydrogens (tertiary/aromatic N) is 1. The molecule has 0 spiro atoms. The van der Waals surface area contributed by atoms with Crippen molar-refractivity contribution in [3.8, 4) is 0 Å². The highest BCUT2D eigenvalue weighted by Crippen LogP contribution is 2.18. The van der Waals surface area contributed by atoms with Gasteiger partial charge in [0.1, 0.15) is 0 Å². The summed E-state index contributed by atoms with van der Waals surface area (Å²) < 4.78 is 0. The van der Waals surface area contributed by atoms with Gasteiger partial charge >= 0.3 is 0 Å². The number of piperidine rings is 1. The topological polar surface area (TPSA) is 27.3 Å². The van der Waals surface area contributed by atoms with Gasteiger partial charge in [-0.25, -0.2) is 5.01 Å². The fraction of sp³-hybridized carbons (Fsp3) is 1.00. The van der Waals surface area contributed by atoms with Crippen LogP contribution in [-0.2, 0) is 0 Å². The zero-order valence-corrected chi connectivity index (χ0v) is 8.43. The SMILES string of the molecule is CCC1CN(NC)CCC1NC. The van der Waals surface area contributed by atoms with E-state index in [-0.39, 0.29) is 0 Å². The molecule has 3 nitrogen and oxygen atoms in total. The van der Waals surface area contributed by atoms with E-state index in [2.05, 4.69) is 29.7 Å². The summed E-state index contributed by atoms with van der Waals surface area (Å²) in [6.07, 6.45) is 2.53. The van der Waals surface area contributed by atoms with E-state index in [0.717, 1.165) is 12.0 Å². The summed E-state index contributed by atoms with van der Waals surface area (Å²) in [5.74, 6) is 0.802. The Morgan fingerprint density at radius 2 is 2.17 bits per heavy atom. The van der Waals surface area contributed by atoms with Gasteiger partial charge in [0, 0.05) is 19.1 Å². The van der Waals surface area contributed by atoms with E-state index in [1.165, 1.54) is 25.9 Å². The molecule has 2 atom stereocenters. The minimum atomic E-state index is 0.722. The zero-order valence-electron chi connectivity index (χ0n) is 8.43. The Morgan fingerprint density at radius 1 is 1.42 bits per heavy atom. The maximum Gasteiger partial charge on any atom is 0.0174 e. The minimum absolute atomic E-state index is 0.722. The van der Waals surface area contributed by atoms with Gasteiger partial charge in [0.25, 0.3) is 0 Å². The molecule has 0 aromatic carbocycles. The molecule has 1 fully saturated rings. The summed E-state index contributed by atoms with van der Waals surface area (Å²) in [5, 5.41) is 5.70. The average Bonchev–Trinajstić information content (AvgIpc) is 2.16. The predicted octanol–water partition coefficient (Wildman–Crippen LogP) is 0.441. The Bertz CT molecular complexity index is 127. The number of hydrogen-bond acceptors (Lipinski definition) is 3. The first-order valence-corrected chi connectivity index (χ1v) is 4.91. The third-order valence-corrected chi connectivity index (χ3v) is 2.95. The second-order valence-electron chi connectivity index (χ2n) is 3.52. The second kappa shape index (κ2) is 4.80. The number of nitrogens with one attached hydrogen (secondary N) is 2. The van der Waals surface area contributed by atoms with Crippen molar-refractivity contribution in [3.05, 3.63) is 0 Å². The van der Waals surface area contributed by atoms with Crippen LogP contribution in [-0.4, -0.2) is 38.2 Å². The number of hydrazine groups is 1. The Labute approximate surface area is 75.5 Å². The van der Waals surface area contributed by atoms with Gasteiger partial charge in [0.15, 0.2) is 0 Å². The van der Waals surface area contributed by atoms with Crippen molar-refractivity contribution in [2.75, 3.05) is 27.2 Å². The Morgan fingerprint density at radius 3 is 2.67 bits per heavy atom. The van der Waals surface area contributed by atoms with Crippen molar-refractivity contribution >= 4 is 0 Å². The molecule has 0 amide bonds. The van der Waals surface area contributed by atoms with E-state index in [1.54, 1.807) is 0 Å². The van der Waals surface area contributed by atoms with Crippen LogP contribution < -0.4 is 10.7 Å². The highest BCUT2D eigenvalue weighted by molar-refractivity contribution is 4.81. The monoisotopic (exact) mass is 171 g/mol. The van der Waals surface area contributed by atoms with Gasteiger partial charge in [-0.05, 0) is 26.4 Å². The van der Waals surface area contributed by atoms with Crippen molar-refractivity contribution in [2.45, 2.75) is 25.8 Å². The fourth-order valence-electron chi connectivity index (χ4n) is 2.03. The van der Waals surface area contributed by atoms with Gasteiger partial charge < -0.3 is 5.32 Å². The second-order valence-corrected chi connectivity index (χ2v) is 3.52. The quantitative estimate of drug-likeness (QED) is 0.645. The van der Waals surface area contributed by atoms with Crippen LogP contribution in [0.3, 0.4) is 0 Å². The minimum Gasteiger partial charge on any atom is -0.317 e. The van der Waals surface area contributed by atoms with Crippen LogP contribution in [0.1, 0.15) is 19.8 Å². The van der Waals surface area contributed by atoms with Crippen LogP contribution >= 0.6 is 0 Å². The van der Waals surface area contributed by atoms with Gasteiger partial charge in [0.2, 0.25) is 0 Å². The predicted molar refractivity (Wildman–Crippen MR) is 51.9 cm³/mol. The largest absolute Gasteiger partial charge is 0.317 e. The first-order chi connectivity index (χ1) is 5.81. The van der Waals surface area contributed by atoms with Gasteiger partial charge in [0.05, 0.1) is 0 Å². The number of hydrogen-bond donors (Lipinski definition) is 2. The van der Waals surface area contributed by atoms with Crippen molar-refractivity contribution in [1.29, 1.82) is 0 Å². The summed E-state index contributed by atoms with van der Waals surface area (Å²) in [6, 6.07) is 0.722. The lowest BCUT2D eigenvalue weighted by Gasteiger charge is -2.37. The van der Waals surface area contributed by atoms with E-state index in [4.69, 9.17) is 0 Å². The molecule has 72 valence electrons. The summed E-state index contributed by atoms with van der Waals surface area (Å²) in [5.41, 5.74) is 3.22. The van der Waals surface area contributed by atoms with Gasteiger partial charge in [-0.1, -0.05) is 13.3 Å². The molecule has 0 bridgehead atoms. The smallest absolute Gasteiger partial charge is 0.0174 e. The fourth-order valence-corrected chi connectivity index (χ4v) is 2.03. The highest BCUT2D eigenvalue weighted by atomic mass is 15.5. The Kier molecular flexibility index (Phi) is 3.98. The first kappa shape index (κ1) is 9.96. The van der Waals surface area contributed by atoms with Crippen molar-refractivity contribution < 1.29 is 0 Å². The van der Waals surface area contributed by atoms with Gasteiger partial charge in [-0.15, -0.1) is 0 Å². The van der Waals surface area contributed by atoms with E-state index < -0.39 is 0 Å². The normalized spacial score (nSPS) is 32.2. The van der Waals surface area contributed by atoms with Crippen LogP contribution in [0.15, 0.2) is 0 Å². The molecule has 1 aliphatic heterocycles. The third kappa shape index (κ3) is 2.19. The maximum atomic E-state index is 3.40. The van der Waals surface area contributed by atoms with Crippen molar-refractivity contribution in [3.63, 3.8) is 0 Å². The van der Waals surface area contributed by atoms with Crippen LogP contribution in [0, 0.1) is 5.92 Å². The maximum absolute atomic E-state index is 3.40. The van der Waals surface area contributed by atoms with Crippen LogP contribution in [0.25, 0.3) is 0 Å². The van der Waals surface area contributed by atoms with E-state index in [0.29, 0.717) is 0 Å². The summed E-state index contributed by atoms with van der Waals surface area (Å²) in [4.78, 5) is 0. The average molecular weight is 171 g/mol. The molecule has 2 N–H and O–H groups in total. The molecule has 3 heteroatoms. The molecule has 2 unspecified atom stereocenters. The lowest BCUT2D eigenvalue weighted by Crippen LogP contribution is -2.51. The van der Waals surface area contributed by atoms with Crippen LogP contribution in [0.4, 0.5) is 0 Å². The molecule has 12 heavy (non-hydrogen) atoms. The Balaban J connectivity index is 2.41. The molecular formula is C9H21N3. The van der Waals surface area contributed by atoms with Crippen LogP contribution in [0.2, 0.25) is 0 Å². The molecular weight excluding hydrogens is 150 g/mol. The highest BCUT2D eigenvalue weighted by Gasteiger charge is 2.25. The third-order valence-electron chi connectivity index (χ3n) is 2.95. The molecule has 1 saturated heterocycles. The molecule has 0 aliphatic carbocycles. The molecule has 0 saturated carbocycles.